The van der Waals surface area contributed by atoms with Crippen molar-refractivity contribution in [2.45, 2.75) is 37.6 Å². The molecular weight excluding hydrogens is 368 g/mol. The number of nitrogen functional groups attached to an aromatic ring is 1. The highest BCUT2D eigenvalue weighted by molar-refractivity contribution is 9.10. The molecule has 1 saturated carbocycles. The minimum atomic E-state index is 0.536. The summed E-state index contributed by atoms with van der Waals surface area (Å²) >= 11 is 3.62. The molecule has 2 N–H and O–H groups in total. The van der Waals surface area contributed by atoms with E-state index in [1.165, 1.54) is 57.6 Å². The van der Waals surface area contributed by atoms with Gasteiger partial charge in [-0.3, -0.25) is 4.90 Å². The quantitative estimate of drug-likeness (QED) is 0.849. The first kappa shape index (κ1) is 16.3. The van der Waals surface area contributed by atoms with Crippen LogP contribution in [0.5, 0.6) is 0 Å². The maximum atomic E-state index is 6.02. The monoisotopic (exact) mass is 392 g/mol. The summed E-state index contributed by atoms with van der Waals surface area (Å²) in [5, 5.41) is 4.43. The minimum absolute atomic E-state index is 0.536. The first-order chi connectivity index (χ1) is 11.6. The Bertz CT molecular complexity index is 713. The Hall–Kier alpha value is -1.18. The molecule has 0 bridgehead atoms. The van der Waals surface area contributed by atoms with Crippen molar-refractivity contribution in [1.82, 2.24) is 24.4 Å². The maximum absolute atomic E-state index is 6.02. The van der Waals surface area contributed by atoms with Crippen LogP contribution in [0.15, 0.2) is 16.9 Å². The molecule has 4 rings (SSSR count). The number of likely N-dealkylation sites (N-methyl/N-ethyl adjacent to an activating group) is 1. The lowest BCUT2D eigenvalue weighted by atomic mass is 9.83. The molecule has 3 heterocycles. The molecule has 1 aliphatic heterocycles. The second kappa shape index (κ2) is 6.61. The van der Waals surface area contributed by atoms with E-state index in [-0.39, 0.29) is 0 Å². The second-order valence-corrected chi connectivity index (χ2v) is 8.02. The molecule has 0 aromatic carbocycles. The molecule has 1 aliphatic carbocycles. The Morgan fingerprint density at radius 1 is 1.12 bits per heavy atom. The summed E-state index contributed by atoms with van der Waals surface area (Å²) in [6, 6.07) is 2.94. The average Bonchev–Trinajstić information content (AvgIpc) is 2.94. The van der Waals surface area contributed by atoms with Gasteiger partial charge in [0.25, 0.3) is 0 Å². The predicted molar refractivity (Wildman–Crippen MR) is 99.2 cm³/mol. The van der Waals surface area contributed by atoms with Gasteiger partial charge in [0, 0.05) is 48.3 Å². The Kier molecular flexibility index (Phi) is 4.49. The van der Waals surface area contributed by atoms with Crippen LogP contribution in [0.2, 0.25) is 0 Å². The third-order valence-corrected chi connectivity index (χ3v) is 6.34. The standard InChI is InChI=1S/C17H25BrN6/c1-22-6-8-23(9-7-22)13-4-2-12(3-5-13)15-10-14(18)16-17(19)20-11-21-24(15)16/h10-13H,2-9H2,1H3,(H2,19,20,21). The summed E-state index contributed by atoms with van der Waals surface area (Å²) in [6.07, 6.45) is 6.55. The van der Waals surface area contributed by atoms with Crippen molar-refractivity contribution in [3.63, 3.8) is 0 Å². The molecule has 2 aromatic heterocycles. The summed E-state index contributed by atoms with van der Waals surface area (Å²) in [6.45, 7) is 4.84. The van der Waals surface area contributed by atoms with Crippen LogP contribution in [0.1, 0.15) is 37.3 Å². The van der Waals surface area contributed by atoms with Gasteiger partial charge in [-0.25, -0.2) is 9.50 Å². The Morgan fingerprint density at radius 3 is 2.54 bits per heavy atom. The number of hydrogen-bond donors (Lipinski definition) is 1. The zero-order valence-electron chi connectivity index (χ0n) is 14.2. The van der Waals surface area contributed by atoms with E-state index in [4.69, 9.17) is 5.73 Å². The fraction of sp³-hybridized carbons (Fsp3) is 0.647. The van der Waals surface area contributed by atoms with Crippen LogP contribution in [0.25, 0.3) is 5.52 Å². The minimum Gasteiger partial charge on any atom is -0.382 e. The smallest absolute Gasteiger partial charge is 0.152 e. The lowest BCUT2D eigenvalue weighted by Crippen LogP contribution is -2.49. The van der Waals surface area contributed by atoms with E-state index in [1.807, 2.05) is 4.52 Å². The first-order valence-corrected chi connectivity index (χ1v) is 9.63. The summed E-state index contributed by atoms with van der Waals surface area (Å²) in [5.74, 6) is 1.09. The Labute approximate surface area is 151 Å². The van der Waals surface area contributed by atoms with Gasteiger partial charge in [-0.05, 0) is 54.7 Å². The van der Waals surface area contributed by atoms with Gasteiger partial charge in [-0.1, -0.05) is 0 Å². The number of rotatable bonds is 2. The third kappa shape index (κ3) is 2.93. The van der Waals surface area contributed by atoms with Gasteiger partial charge in [0.15, 0.2) is 5.82 Å². The summed E-state index contributed by atoms with van der Waals surface area (Å²) in [5.41, 5.74) is 8.18. The van der Waals surface area contributed by atoms with Gasteiger partial charge in [-0.2, -0.15) is 5.10 Å². The molecule has 0 atom stereocenters. The van der Waals surface area contributed by atoms with Crippen LogP contribution in [0.4, 0.5) is 5.82 Å². The first-order valence-electron chi connectivity index (χ1n) is 8.83. The lowest BCUT2D eigenvalue weighted by Gasteiger charge is -2.41. The van der Waals surface area contributed by atoms with Crippen LogP contribution in [-0.2, 0) is 0 Å². The highest BCUT2D eigenvalue weighted by Crippen LogP contribution is 2.38. The van der Waals surface area contributed by atoms with E-state index < -0.39 is 0 Å². The molecule has 1 saturated heterocycles. The molecule has 0 radical (unpaired) electrons. The van der Waals surface area contributed by atoms with Gasteiger partial charge in [0.1, 0.15) is 11.8 Å². The number of aromatic nitrogens is 3. The molecule has 24 heavy (non-hydrogen) atoms. The molecule has 6 nitrogen and oxygen atoms in total. The number of piperazine rings is 1. The van der Waals surface area contributed by atoms with Crippen molar-refractivity contribution in [3.05, 3.63) is 22.6 Å². The molecule has 130 valence electrons. The van der Waals surface area contributed by atoms with Gasteiger partial charge in [0.2, 0.25) is 0 Å². The molecule has 0 unspecified atom stereocenters. The third-order valence-electron chi connectivity index (χ3n) is 5.73. The zero-order chi connectivity index (χ0) is 16.7. The summed E-state index contributed by atoms with van der Waals surface area (Å²) in [7, 11) is 2.22. The molecule has 2 aromatic rings. The highest BCUT2D eigenvalue weighted by atomic mass is 79.9. The Morgan fingerprint density at radius 2 is 1.83 bits per heavy atom. The summed E-state index contributed by atoms with van der Waals surface area (Å²) in [4.78, 5) is 9.24. The predicted octanol–water partition coefficient (Wildman–Crippen LogP) is 2.35. The van der Waals surface area contributed by atoms with E-state index in [9.17, 15) is 0 Å². The fourth-order valence-electron chi connectivity index (χ4n) is 4.26. The summed E-state index contributed by atoms with van der Waals surface area (Å²) < 4.78 is 2.98. The second-order valence-electron chi connectivity index (χ2n) is 7.17. The van der Waals surface area contributed by atoms with Crippen LogP contribution < -0.4 is 5.73 Å². The van der Waals surface area contributed by atoms with Crippen molar-refractivity contribution in [2.24, 2.45) is 0 Å². The Balaban J connectivity index is 1.47. The van der Waals surface area contributed by atoms with E-state index in [1.54, 1.807) is 6.33 Å². The van der Waals surface area contributed by atoms with Gasteiger partial charge >= 0.3 is 0 Å². The van der Waals surface area contributed by atoms with E-state index in [0.717, 1.165) is 16.0 Å². The number of nitrogens with zero attached hydrogens (tertiary/aromatic N) is 5. The van der Waals surface area contributed by atoms with Crippen LogP contribution >= 0.6 is 15.9 Å². The van der Waals surface area contributed by atoms with Gasteiger partial charge < -0.3 is 10.6 Å². The molecular formula is C17H25BrN6. The number of nitrogens with two attached hydrogens (primary N) is 1. The number of anilines is 1. The SMILES string of the molecule is CN1CCN(C2CCC(c3cc(Br)c4c(N)ncnn34)CC2)CC1. The zero-order valence-corrected chi connectivity index (χ0v) is 15.7. The van der Waals surface area contributed by atoms with E-state index >= 15 is 0 Å². The van der Waals surface area contributed by atoms with E-state index in [0.29, 0.717) is 11.7 Å². The number of halogens is 1. The number of fused-ring (bicyclic) bond motifs is 1. The number of hydrogen-bond acceptors (Lipinski definition) is 5. The topological polar surface area (TPSA) is 62.7 Å². The molecule has 2 fully saturated rings. The lowest BCUT2D eigenvalue weighted by molar-refractivity contribution is 0.0874. The van der Waals surface area contributed by atoms with Gasteiger partial charge in [0.05, 0.1) is 0 Å². The molecule has 2 aliphatic rings. The highest BCUT2D eigenvalue weighted by Gasteiger charge is 2.30. The van der Waals surface area contributed by atoms with Gasteiger partial charge in [-0.15, -0.1) is 0 Å². The van der Waals surface area contributed by atoms with Crippen molar-refractivity contribution in [1.29, 1.82) is 0 Å². The van der Waals surface area contributed by atoms with Crippen molar-refractivity contribution < 1.29 is 0 Å². The largest absolute Gasteiger partial charge is 0.382 e. The maximum Gasteiger partial charge on any atom is 0.152 e. The van der Waals surface area contributed by atoms with Crippen LogP contribution in [-0.4, -0.2) is 63.7 Å². The normalized spacial score (nSPS) is 26.9. The van der Waals surface area contributed by atoms with Crippen LogP contribution in [0, 0.1) is 0 Å². The average molecular weight is 393 g/mol. The van der Waals surface area contributed by atoms with Crippen molar-refractivity contribution in [2.75, 3.05) is 39.0 Å². The fourth-order valence-corrected chi connectivity index (χ4v) is 4.87. The molecule has 7 heteroatoms. The van der Waals surface area contributed by atoms with Crippen molar-refractivity contribution >= 4 is 27.3 Å². The molecule has 0 spiro atoms. The van der Waals surface area contributed by atoms with E-state index in [2.05, 4.69) is 48.9 Å². The van der Waals surface area contributed by atoms with Crippen LogP contribution in [0.3, 0.4) is 0 Å². The van der Waals surface area contributed by atoms with Crippen molar-refractivity contribution in [3.8, 4) is 0 Å². The molecule has 0 amide bonds.